The quantitative estimate of drug-likeness (QED) is 0.286. The first-order chi connectivity index (χ1) is 0. The molecular formula is H2Cl2MgS. The minimum absolute atomic E-state index is 0. The molecule has 0 aliphatic rings. The van der Waals surface area contributed by atoms with Crippen LogP contribution < -0.4 is 24.8 Å². The van der Waals surface area contributed by atoms with Gasteiger partial charge in [-0.3, -0.25) is 0 Å². The predicted octanol–water partition coefficient (Wildman–Crippen LogP) is -6.26. The van der Waals surface area contributed by atoms with Gasteiger partial charge in [0.2, 0.25) is 0 Å². The van der Waals surface area contributed by atoms with E-state index in [2.05, 4.69) is 0 Å². The van der Waals surface area contributed by atoms with Crippen molar-refractivity contribution in [1.29, 1.82) is 0 Å². The summed E-state index contributed by atoms with van der Waals surface area (Å²) in [6.07, 6.45) is 0. The summed E-state index contributed by atoms with van der Waals surface area (Å²) in [7, 11) is 0. The van der Waals surface area contributed by atoms with Crippen LogP contribution in [0.3, 0.4) is 0 Å². The Morgan fingerprint density at radius 3 is 0.750 bits per heavy atom. The SMILES string of the molecule is S.[Cl-].[Cl-].[Mg+2]. The van der Waals surface area contributed by atoms with Crippen molar-refractivity contribution in [2.24, 2.45) is 0 Å². The molecule has 0 bridgehead atoms. The zero-order valence-electron chi connectivity index (χ0n) is 1.96. The topological polar surface area (TPSA) is 0 Å². The van der Waals surface area contributed by atoms with Crippen LogP contribution in [0.1, 0.15) is 0 Å². The molecule has 0 aromatic rings. The van der Waals surface area contributed by atoms with Crippen LogP contribution in [0.2, 0.25) is 0 Å². The van der Waals surface area contributed by atoms with Gasteiger partial charge in [-0.1, -0.05) is 0 Å². The van der Waals surface area contributed by atoms with Crippen LogP contribution in [0.4, 0.5) is 0 Å². The fourth-order valence-corrected chi connectivity index (χ4v) is 0. The van der Waals surface area contributed by atoms with Crippen molar-refractivity contribution in [1.82, 2.24) is 0 Å². The molecule has 4 heavy (non-hydrogen) atoms. The Morgan fingerprint density at radius 2 is 0.750 bits per heavy atom. The van der Waals surface area contributed by atoms with Crippen molar-refractivity contribution < 1.29 is 24.8 Å². The molecule has 0 saturated carbocycles. The third-order valence-corrected chi connectivity index (χ3v) is 0. The number of hydrogen-bond donors (Lipinski definition) is 0. The molecule has 0 spiro atoms. The van der Waals surface area contributed by atoms with Crippen molar-refractivity contribution >= 4 is 36.5 Å². The molecule has 0 aromatic heterocycles. The second-order valence-electron chi connectivity index (χ2n) is 0. The third kappa shape index (κ3) is 9.34. The fraction of sp³-hybridized carbons (Fsp3) is 0. The molecule has 0 atom stereocenters. The van der Waals surface area contributed by atoms with Gasteiger partial charge in [0.25, 0.3) is 0 Å². The van der Waals surface area contributed by atoms with Gasteiger partial charge in [0, 0.05) is 0 Å². The van der Waals surface area contributed by atoms with Gasteiger partial charge >= 0.3 is 23.1 Å². The fourth-order valence-electron chi connectivity index (χ4n) is 0. The molecule has 0 heterocycles. The first-order valence-electron chi connectivity index (χ1n) is 0. The van der Waals surface area contributed by atoms with Gasteiger partial charge in [-0.2, -0.15) is 13.5 Å². The predicted molar refractivity (Wildman–Crippen MR) is 16.1 cm³/mol. The van der Waals surface area contributed by atoms with E-state index in [1.165, 1.54) is 0 Å². The van der Waals surface area contributed by atoms with Crippen LogP contribution in [0.5, 0.6) is 0 Å². The van der Waals surface area contributed by atoms with Gasteiger partial charge in [-0.05, 0) is 0 Å². The van der Waals surface area contributed by atoms with E-state index in [4.69, 9.17) is 0 Å². The second kappa shape index (κ2) is 22.3. The average Bonchev–Trinajstić information content (AvgIpc) is 0. The maximum atomic E-state index is 0. The molecule has 0 fully saturated rings. The Kier molecular flexibility index (Phi) is 243. The van der Waals surface area contributed by atoms with E-state index >= 15 is 0 Å². The van der Waals surface area contributed by atoms with Crippen molar-refractivity contribution in [3.63, 3.8) is 0 Å². The maximum absolute atomic E-state index is 0. The van der Waals surface area contributed by atoms with Gasteiger partial charge in [-0.25, -0.2) is 0 Å². The Labute approximate surface area is 61.1 Å². The van der Waals surface area contributed by atoms with Crippen LogP contribution in [-0.2, 0) is 0 Å². The van der Waals surface area contributed by atoms with Gasteiger partial charge in [-0.15, -0.1) is 0 Å². The zero-order chi connectivity index (χ0) is 0. The van der Waals surface area contributed by atoms with E-state index in [1.807, 2.05) is 0 Å². The normalized spacial score (nSPS) is 0. The molecule has 0 aliphatic carbocycles. The Morgan fingerprint density at radius 1 is 0.750 bits per heavy atom. The van der Waals surface area contributed by atoms with Crippen LogP contribution in [-0.4, -0.2) is 23.1 Å². The third-order valence-electron chi connectivity index (χ3n) is 0. The molecule has 0 N–H and O–H groups in total. The second-order valence-corrected chi connectivity index (χ2v) is 0. The van der Waals surface area contributed by atoms with E-state index in [0.29, 0.717) is 0 Å². The van der Waals surface area contributed by atoms with E-state index < -0.39 is 0 Å². The van der Waals surface area contributed by atoms with Crippen molar-refractivity contribution in [3.05, 3.63) is 0 Å². The van der Waals surface area contributed by atoms with Crippen molar-refractivity contribution in [3.8, 4) is 0 Å². The summed E-state index contributed by atoms with van der Waals surface area (Å²) in [5, 5.41) is 0. The monoisotopic (exact) mass is 128 g/mol. The molecule has 0 saturated heterocycles. The smallest absolute Gasteiger partial charge is 1.00 e. The summed E-state index contributed by atoms with van der Waals surface area (Å²) in [6.45, 7) is 0. The molecule has 4 heteroatoms. The maximum Gasteiger partial charge on any atom is 2.00 e. The van der Waals surface area contributed by atoms with E-state index in [1.54, 1.807) is 0 Å². The van der Waals surface area contributed by atoms with Crippen LogP contribution in [0.15, 0.2) is 0 Å². The van der Waals surface area contributed by atoms with E-state index in [0.717, 1.165) is 0 Å². The summed E-state index contributed by atoms with van der Waals surface area (Å²) >= 11 is 0. The molecule has 0 aromatic carbocycles. The number of halogens is 2. The van der Waals surface area contributed by atoms with Gasteiger partial charge in [0.1, 0.15) is 0 Å². The van der Waals surface area contributed by atoms with Gasteiger partial charge in [0.05, 0.1) is 0 Å². The molecule has 0 unspecified atom stereocenters. The molecule has 0 aliphatic heterocycles. The largest absolute Gasteiger partial charge is 2.00 e. The molecule has 0 nitrogen and oxygen atoms in total. The zero-order valence-corrected chi connectivity index (χ0v) is 5.89. The first kappa shape index (κ1) is 43.7. The average molecular weight is 129 g/mol. The number of hydrogen-bond acceptors (Lipinski definition) is 0. The summed E-state index contributed by atoms with van der Waals surface area (Å²) in [5.41, 5.74) is 0. The number of rotatable bonds is 0. The van der Waals surface area contributed by atoms with Crippen LogP contribution in [0.25, 0.3) is 0 Å². The molecule has 24 valence electrons. The first-order valence-corrected chi connectivity index (χ1v) is 0. The van der Waals surface area contributed by atoms with Gasteiger partial charge < -0.3 is 24.8 Å². The van der Waals surface area contributed by atoms with Crippen LogP contribution >= 0.6 is 13.5 Å². The van der Waals surface area contributed by atoms with Crippen molar-refractivity contribution in [2.45, 2.75) is 0 Å². The summed E-state index contributed by atoms with van der Waals surface area (Å²) in [5.74, 6) is 0. The van der Waals surface area contributed by atoms with Gasteiger partial charge in [0.15, 0.2) is 0 Å². The van der Waals surface area contributed by atoms with Crippen molar-refractivity contribution in [2.75, 3.05) is 0 Å². The Hall–Kier alpha value is 1.70. The van der Waals surface area contributed by atoms with E-state index in [-0.39, 0.29) is 61.4 Å². The minimum atomic E-state index is 0. The molecule has 0 radical (unpaired) electrons. The molecular weight excluding hydrogens is 127 g/mol. The standard InChI is InChI=1S/2ClH.Mg.H2S/h2*1H;;1H2/q;;+2;/p-2. The minimum Gasteiger partial charge on any atom is -1.00 e. The molecule has 0 amide bonds. The van der Waals surface area contributed by atoms with Crippen LogP contribution in [0, 0.1) is 0 Å². The summed E-state index contributed by atoms with van der Waals surface area (Å²) in [6, 6.07) is 0. The van der Waals surface area contributed by atoms with E-state index in [9.17, 15) is 0 Å². The Balaban J connectivity index is 0. The summed E-state index contributed by atoms with van der Waals surface area (Å²) < 4.78 is 0. The Bertz CT molecular complexity index is 6.00. The summed E-state index contributed by atoms with van der Waals surface area (Å²) in [4.78, 5) is 0. The molecule has 0 rings (SSSR count).